The smallest absolute Gasteiger partial charge is 0.220 e. The molecule has 0 spiro atoms. The second kappa shape index (κ2) is 8.74. The molecule has 2 fully saturated rings. The third-order valence-corrected chi connectivity index (χ3v) is 5.25. The van der Waals surface area contributed by atoms with Gasteiger partial charge in [-0.3, -0.25) is 4.79 Å². The molecule has 1 aliphatic heterocycles. The van der Waals surface area contributed by atoms with Crippen molar-refractivity contribution in [2.24, 2.45) is 11.7 Å². The third-order valence-electron chi connectivity index (χ3n) is 5.25. The summed E-state index contributed by atoms with van der Waals surface area (Å²) in [5, 5.41) is 3.10. The normalized spacial score (nSPS) is 31.0. The maximum absolute atomic E-state index is 12.0. The van der Waals surface area contributed by atoms with Crippen LogP contribution in [0.3, 0.4) is 0 Å². The number of likely N-dealkylation sites (tertiary alicyclic amines) is 1. The summed E-state index contributed by atoms with van der Waals surface area (Å²) in [7, 11) is 0. The second-order valence-electron chi connectivity index (χ2n) is 7.07. The average molecular weight is 295 g/mol. The minimum absolute atomic E-state index is 0.238. The lowest BCUT2D eigenvalue weighted by Crippen LogP contribution is -2.39. The van der Waals surface area contributed by atoms with Gasteiger partial charge in [0.2, 0.25) is 5.91 Å². The molecule has 1 heterocycles. The van der Waals surface area contributed by atoms with E-state index in [0.717, 1.165) is 51.2 Å². The van der Waals surface area contributed by atoms with Crippen molar-refractivity contribution in [1.29, 1.82) is 0 Å². The number of hydrogen-bond acceptors (Lipinski definition) is 3. The molecule has 1 amide bonds. The maximum Gasteiger partial charge on any atom is 0.220 e. The van der Waals surface area contributed by atoms with Crippen molar-refractivity contribution in [2.45, 2.75) is 76.8 Å². The lowest BCUT2D eigenvalue weighted by molar-refractivity contribution is -0.122. The summed E-state index contributed by atoms with van der Waals surface area (Å²) in [5.74, 6) is 0.800. The van der Waals surface area contributed by atoms with Crippen LogP contribution in [0, 0.1) is 5.92 Å². The fourth-order valence-corrected chi connectivity index (χ4v) is 3.73. The zero-order valence-electron chi connectivity index (χ0n) is 13.7. The molecule has 0 bridgehead atoms. The van der Waals surface area contributed by atoms with Gasteiger partial charge >= 0.3 is 0 Å². The summed E-state index contributed by atoms with van der Waals surface area (Å²) in [5.41, 5.74) is 5.90. The molecule has 4 nitrogen and oxygen atoms in total. The zero-order chi connectivity index (χ0) is 15.1. The standard InChI is InChI=1S/C17H33N3O/c1-14-5-2-3-11-20(14)12-4-10-19-17(21)13-15-6-8-16(18)9-7-15/h14-16H,2-13,18H2,1H3,(H,19,21). The van der Waals surface area contributed by atoms with Gasteiger partial charge in [-0.25, -0.2) is 0 Å². The summed E-state index contributed by atoms with van der Waals surface area (Å²) >= 11 is 0. The molecule has 1 aliphatic carbocycles. The first kappa shape index (κ1) is 16.8. The van der Waals surface area contributed by atoms with E-state index in [1.807, 2.05) is 0 Å². The predicted octanol–water partition coefficient (Wildman–Crippen LogP) is 2.27. The van der Waals surface area contributed by atoms with E-state index in [0.29, 0.717) is 18.4 Å². The number of carbonyl (C=O) groups excluding carboxylic acids is 1. The molecule has 0 radical (unpaired) electrons. The molecule has 2 aliphatic rings. The van der Waals surface area contributed by atoms with Crippen molar-refractivity contribution in [2.75, 3.05) is 19.6 Å². The van der Waals surface area contributed by atoms with E-state index in [4.69, 9.17) is 5.73 Å². The highest BCUT2D eigenvalue weighted by Gasteiger charge is 2.21. The van der Waals surface area contributed by atoms with Gasteiger partial charge in [0.1, 0.15) is 0 Å². The minimum atomic E-state index is 0.238. The van der Waals surface area contributed by atoms with Crippen LogP contribution in [0.5, 0.6) is 0 Å². The Kier molecular flexibility index (Phi) is 6.97. The summed E-state index contributed by atoms with van der Waals surface area (Å²) in [6.07, 6.45) is 10.2. The number of nitrogens with two attached hydrogens (primary N) is 1. The van der Waals surface area contributed by atoms with Gasteiger partial charge in [0.15, 0.2) is 0 Å². The van der Waals surface area contributed by atoms with Gasteiger partial charge in [-0.05, 0) is 64.3 Å². The predicted molar refractivity (Wildman–Crippen MR) is 87.1 cm³/mol. The Labute approximate surface area is 129 Å². The summed E-state index contributed by atoms with van der Waals surface area (Å²) < 4.78 is 0. The van der Waals surface area contributed by atoms with Crippen LogP contribution in [0.4, 0.5) is 0 Å². The van der Waals surface area contributed by atoms with Crippen molar-refractivity contribution >= 4 is 5.91 Å². The van der Waals surface area contributed by atoms with E-state index < -0.39 is 0 Å². The SMILES string of the molecule is CC1CCCCN1CCCNC(=O)CC1CCC(N)CC1. The average Bonchev–Trinajstić information content (AvgIpc) is 2.48. The van der Waals surface area contributed by atoms with Crippen LogP contribution < -0.4 is 11.1 Å². The molecule has 2 rings (SSSR count). The molecule has 1 unspecified atom stereocenters. The third kappa shape index (κ3) is 5.95. The Bertz CT molecular complexity index is 313. The van der Waals surface area contributed by atoms with E-state index in [9.17, 15) is 4.79 Å². The summed E-state index contributed by atoms with van der Waals surface area (Å²) in [4.78, 5) is 14.5. The Morgan fingerprint density at radius 3 is 2.67 bits per heavy atom. The highest BCUT2D eigenvalue weighted by Crippen LogP contribution is 2.25. The summed E-state index contributed by atoms with van der Waals surface area (Å²) in [6, 6.07) is 1.09. The van der Waals surface area contributed by atoms with Crippen molar-refractivity contribution in [3.05, 3.63) is 0 Å². The number of carbonyl (C=O) groups is 1. The van der Waals surface area contributed by atoms with Gasteiger partial charge in [0.05, 0.1) is 0 Å². The van der Waals surface area contributed by atoms with E-state index in [2.05, 4.69) is 17.1 Å². The molecule has 122 valence electrons. The molecule has 21 heavy (non-hydrogen) atoms. The number of hydrogen-bond donors (Lipinski definition) is 2. The van der Waals surface area contributed by atoms with Gasteiger partial charge in [0.25, 0.3) is 0 Å². The number of rotatable bonds is 6. The Hall–Kier alpha value is -0.610. The minimum Gasteiger partial charge on any atom is -0.356 e. The van der Waals surface area contributed by atoms with Crippen LogP contribution in [0.1, 0.15) is 64.7 Å². The van der Waals surface area contributed by atoms with Crippen LogP contribution in [-0.2, 0) is 4.79 Å². The molecular formula is C17H33N3O. The number of nitrogens with one attached hydrogen (secondary N) is 1. The van der Waals surface area contributed by atoms with E-state index in [-0.39, 0.29) is 5.91 Å². The van der Waals surface area contributed by atoms with Gasteiger partial charge in [0, 0.05) is 31.6 Å². The van der Waals surface area contributed by atoms with Gasteiger partial charge in [-0.2, -0.15) is 0 Å². The number of amides is 1. The fourth-order valence-electron chi connectivity index (χ4n) is 3.73. The van der Waals surface area contributed by atoms with Gasteiger partial charge in [-0.15, -0.1) is 0 Å². The van der Waals surface area contributed by atoms with Gasteiger partial charge < -0.3 is 16.0 Å². The monoisotopic (exact) mass is 295 g/mol. The van der Waals surface area contributed by atoms with Crippen LogP contribution in [0.25, 0.3) is 0 Å². The molecule has 0 aromatic heterocycles. The van der Waals surface area contributed by atoms with Gasteiger partial charge in [-0.1, -0.05) is 6.42 Å². The van der Waals surface area contributed by atoms with Crippen molar-refractivity contribution in [1.82, 2.24) is 10.2 Å². The van der Waals surface area contributed by atoms with Crippen molar-refractivity contribution < 1.29 is 4.79 Å². The van der Waals surface area contributed by atoms with Crippen LogP contribution in [0.15, 0.2) is 0 Å². The quantitative estimate of drug-likeness (QED) is 0.739. The van der Waals surface area contributed by atoms with Crippen molar-refractivity contribution in [3.8, 4) is 0 Å². The lowest BCUT2D eigenvalue weighted by Gasteiger charge is -2.33. The highest BCUT2D eigenvalue weighted by atomic mass is 16.1. The number of piperidine rings is 1. The number of nitrogens with zero attached hydrogens (tertiary/aromatic N) is 1. The van der Waals surface area contributed by atoms with E-state index in [1.165, 1.54) is 25.8 Å². The molecule has 1 saturated heterocycles. The molecule has 1 saturated carbocycles. The highest BCUT2D eigenvalue weighted by molar-refractivity contribution is 5.76. The van der Waals surface area contributed by atoms with E-state index >= 15 is 0 Å². The Morgan fingerprint density at radius 2 is 1.95 bits per heavy atom. The van der Waals surface area contributed by atoms with Crippen LogP contribution in [-0.4, -0.2) is 42.5 Å². The zero-order valence-corrected chi connectivity index (χ0v) is 13.7. The van der Waals surface area contributed by atoms with Crippen molar-refractivity contribution in [3.63, 3.8) is 0 Å². The topological polar surface area (TPSA) is 58.4 Å². The summed E-state index contributed by atoms with van der Waals surface area (Å²) in [6.45, 7) is 5.51. The first-order valence-corrected chi connectivity index (χ1v) is 8.91. The van der Waals surface area contributed by atoms with Crippen LogP contribution >= 0.6 is 0 Å². The van der Waals surface area contributed by atoms with Crippen LogP contribution in [0.2, 0.25) is 0 Å². The molecular weight excluding hydrogens is 262 g/mol. The molecule has 1 atom stereocenters. The first-order valence-electron chi connectivity index (χ1n) is 8.91. The van der Waals surface area contributed by atoms with E-state index in [1.54, 1.807) is 0 Å². The lowest BCUT2D eigenvalue weighted by atomic mass is 9.84. The Balaban J connectivity index is 1.53. The largest absolute Gasteiger partial charge is 0.356 e. The molecule has 0 aromatic rings. The second-order valence-corrected chi connectivity index (χ2v) is 7.07. The fraction of sp³-hybridized carbons (Fsp3) is 0.941. The molecule has 3 N–H and O–H groups in total. The maximum atomic E-state index is 12.0. The molecule has 4 heteroatoms. The Morgan fingerprint density at radius 1 is 1.19 bits per heavy atom. The molecule has 0 aromatic carbocycles. The first-order chi connectivity index (χ1) is 10.1.